The molecule has 2 aliphatic heterocycles. The molecule has 0 bridgehead atoms. The normalized spacial score (nSPS) is 23.9. The average Bonchev–Trinajstić information content (AvgIpc) is 3.10. The second-order valence-corrected chi connectivity index (χ2v) is 5.38. The van der Waals surface area contributed by atoms with Crippen LogP contribution in [0.5, 0.6) is 0 Å². The van der Waals surface area contributed by atoms with E-state index >= 15 is 0 Å². The van der Waals surface area contributed by atoms with Gasteiger partial charge in [0.2, 0.25) is 0 Å². The van der Waals surface area contributed by atoms with E-state index in [0.717, 1.165) is 13.0 Å². The highest BCUT2D eigenvalue weighted by Crippen LogP contribution is 2.28. The molecule has 2 saturated heterocycles. The quantitative estimate of drug-likeness (QED) is 0.886. The van der Waals surface area contributed by atoms with Crippen LogP contribution in [0.15, 0.2) is 24.3 Å². The molecule has 0 spiro atoms. The van der Waals surface area contributed by atoms with E-state index in [0.29, 0.717) is 6.04 Å². The van der Waals surface area contributed by atoms with E-state index in [1.54, 1.807) is 0 Å². The Morgan fingerprint density at radius 3 is 2.28 bits per heavy atom. The van der Waals surface area contributed by atoms with Gasteiger partial charge in [-0.3, -0.25) is 0 Å². The molecule has 0 saturated carbocycles. The highest BCUT2D eigenvalue weighted by molar-refractivity contribution is 5.57. The summed E-state index contributed by atoms with van der Waals surface area (Å²) >= 11 is 0. The summed E-state index contributed by atoms with van der Waals surface area (Å²) in [4.78, 5) is 4.80. The monoisotopic (exact) mass is 246 g/mol. The maximum atomic E-state index is 9.38. The molecule has 3 heteroatoms. The van der Waals surface area contributed by atoms with Gasteiger partial charge in [0.25, 0.3) is 0 Å². The predicted octanol–water partition coefficient (Wildman–Crippen LogP) is 2.25. The Kier molecular flexibility index (Phi) is 3.41. The molecule has 1 aromatic carbocycles. The van der Waals surface area contributed by atoms with Gasteiger partial charge < -0.3 is 14.9 Å². The van der Waals surface area contributed by atoms with Crippen LogP contribution in [0.3, 0.4) is 0 Å². The highest BCUT2D eigenvalue weighted by atomic mass is 16.3. The topological polar surface area (TPSA) is 26.7 Å². The van der Waals surface area contributed by atoms with Gasteiger partial charge in [0.1, 0.15) is 0 Å². The van der Waals surface area contributed by atoms with Gasteiger partial charge in [-0.2, -0.15) is 0 Å². The zero-order chi connectivity index (χ0) is 12.4. The molecule has 1 N–H and O–H groups in total. The average molecular weight is 246 g/mol. The van der Waals surface area contributed by atoms with Crippen molar-refractivity contribution in [2.75, 3.05) is 36.0 Å². The summed E-state index contributed by atoms with van der Waals surface area (Å²) in [5, 5.41) is 9.38. The molecule has 0 radical (unpaired) electrons. The number of hydrogen-bond donors (Lipinski definition) is 1. The smallest absolute Gasteiger partial charge is 0.0635 e. The van der Waals surface area contributed by atoms with Gasteiger partial charge in [0.05, 0.1) is 12.6 Å². The van der Waals surface area contributed by atoms with Gasteiger partial charge in [-0.05, 0) is 49.9 Å². The number of aliphatic hydroxyl groups is 1. The molecule has 3 nitrogen and oxygen atoms in total. The van der Waals surface area contributed by atoms with E-state index in [9.17, 15) is 5.11 Å². The van der Waals surface area contributed by atoms with E-state index in [-0.39, 0.29) is 6.61 Å². The van der Waals surface area contributed by atoms with Crippen molar-refractivity contribution in [2.24, 2.45) is 0 Å². The number of anilines is 2. The van der Waals surface area contributed by atoms with E-state index in [1.807, 2.05) is 0 Å². The first-order valence-electron chi connectivity index (χ1n) is 7.11. The highest BCUT2D eigenvalue weighted by Gasteiger charge is 2.23. The number of rotatable bonds is 3. The van der Waals surface area contributed by atoms with Crippen LogP contribution < -0.4 is 9.80 Å². The van der Waals surface area contributed by atoms with Gasteiger partial charge in [0.15, 0.2) is 0 Å². The van der Waals surface area contributed by atoms with E-state index in [1.165, 1.54) is 43.7 Å². The number of aliphatic hydroxyl groups excluding tert-OH is 1. The fourth-order valence-corrected chi connectivity index (χ4v) is 3.20. The van der Waals surface area contributed by atoms with E-state index < -0.39 is 0 Å². The Morgan fingerprint density at radius 1 is 0.944 bits per heavy atom. The maximum absolute atomic E-state index is 9.38. The van der Waals surface area contributed by atoms with Gasteiger partial charge in [-0.15, -0.1) is 0 Å². The minimum atomic E-state index is 0.272. The lowest BCUT2D eigenvalue weighted by molar-refractivity contribution is 0.266. The Labute approximate surface area is 109 Å². The molecule has 2 fully saturated rings. The lowest BCUT2D eigenvalue weighted by Gasteiger charge is -2.26. The summed E-state index contributed by atoms with van der Waals surface area (Å²) in [5.41, 5.74) is 2.60. The first-order chi connectivity index (χ1) is 8.88. The SMILES string of the molecule is OC[C@@H]1CCCN1c1ccc(N2CCCC2)cc1. The third kappa shape index (κ3) is 2.19. The van der Waals surface area contributed by atoms with Crippen molar-refractivity contribution in [3.8, 4) is 0 Å². The molecule has 2 heterocycles. The molecule has 1 atom stereocenters. The molecule has 98 valence electrons. The Morgan fingerprint density at radius 2 is 1.61 bits per heavy atom. The van der Waals surface area contributed by atoms with Crippen LogP contribution in [0.25, 0.3) is 0 Å². The van der Waals surface area contributed by atoms with Gasteiger partial charge >= 0.3 is 0 Å². The Hall–Kier alpha value is -1.22. The fourth-order valence-electron chi connectivity index (χ4n) is 3.20. The van der Waals surface area contributed by atoms with Crippen molar-refractivity contribution in [1.29, 1.82) is 0 Å². The third-order valence-corrected chi connectivity index (χ3v) is 4.24. The van der Waals surface area contributed by atoms with Crippen molar-refractivity contribution < 1.29 is 5.11 Å². The summed E-state index contributed by atoms with van der Waals surface area (Å²) in [7, 11) is 0. The number of nitrogens with zero attached hydrogens (tertiary/aromatic N) is 2. The van der Waals surface area contributed by atoms with Crippen LogP contribution in [0.1, 0.15) is 25.7 Å². The summed E-state index contributed by atoms with van der Waals surface area (Å²) in [6.07, 6.45) is 4.95. The summed E-state index contributed by atoms with van der Waals surface area (Å²) in [6.45, 7) is 3.74. The van der Waals surface area contributed by atoms with Crippen LogP contribution in [-0.4, -0.2) is 37.4 Å². The molecular formula is C15H22N2O. The van der Waals surface area contributed by atoms with Gasteiger partial charge in [-0.25, -0.2) is 0 Å². The standard InChI is InChI=1S/C15H22N2O/c18-12-15-4-3-11-17(15)14-7-5-13(6-8-14)16-9-1-2-10-16/h5-8,15,18H,1-4,9-12H2/t15-/m0/s1. The molecule has 1 aromatic rings. The molecular weight excluding hydrogens is 224 g/mol. The lowest BCUT2D eigenvalue weighted by atomic mass is 10.2. The predicted molar refractivity (Wildman–Crippen MR) is 75.3 cm³/mol. The summed E-state index contributed by atoms with van der Waals surface area (Å²) in [5.74, 6) is 0. The van der Waals surface area contributed by atoms with Gasteiger partial charge in [-0.1, -0.05) is 0 Å². The first kappa shape index (κ1) is 11.8. The molecule has 0 amide bonds. The second kappa shape index (κ2) is 5.19. The zero-order valence-corrected chi connectivity index (χ0v) is 10.9. The first-order valence-corrected chi connectivity index (χ1v) is 7.11. The maximum Gasteiger partial charge on any atom is 0.0635 e. The Balaban J connectivity index is 1.74. The fraction of sp³-hybridized carbons (Fsp3) is 0.600. The third-order valence-electron chi connectivity index (χ3n) is 4.24. The van der Waals surface area contributed by atoms with Crippen molar-refractivity contribution >= 4 is 11.4 Å². The zero-order valence-electron chi connectivity index (χ0n) is 10.9. The molecule has 0 unspecified atom stereocenters. The van der Waals surface area contributed by atoms with Crippen LogP contribution in [0.4, 0.5) is 11.4 Å². The molecule has 3 rings (SSSR count). The minimum Gasteiger partial charge on any atom is -0.394 e. The van der Waals surface area contributed by atoms with Crippen LogP contribution in [0, 0.1) is 0 Å². The van der Waals surface area contributed by atoms with Gasteiger partial charge in [0, 0.05) is 31.0 Å². The van der Waals surface area contributed by atoms with Crippen molar-refractivity contribution in [2.45, 2.75) is 31.7 Å². The van der Waals surface area contributed by atoms with E-state index in [4.69, 9.17) is 0 Å². The number of benzene rings is 1. The van der Waals surface area contributed by atoms with Crippen LogP contribution in [-0.2, 0) is 0 Å². The van der Waals surface area contributed by atoms with Crippen molar-refractivity contribution in [3.63, 3.8) is 0 Å². The van der Waals surface area contributed by atoms with Crippen molar-refractivity contribution in [3.05, 3.63) is 24.3 Å². The molecule has 0 aliphatic carbocycles. The summed E-state index contributed by atoms with van der Waals surface area (Å²) in [6, 6.07) is 9.20. The van der Waals surface area contributed by atoms with E-state index in [2.05, 4.69) is 34.1 Å². The summed E-state index contributed by atoms with van der Waals surface area (Å²) < 4.78 is 0. The van der Waals surface area contributed by atoms with Crippen molar-refractivity contribution in [1.82, 2.24) is 0 Å². The van der Waals surface area contributed by atoms with Crippen LogP contribution in [0.2, 0.25) is 0 Å². The molecule has 2 aliphatic rings. The van der Waals surface area contributed by atoms with Crippen LogP contribution >= 0.6 is 0 Å². The molecule has 18 heavy (non-hydrogen) atoms. The minimum absolute atomic E-state index is 0.272. The largest absolute Gasteiger partial charge is 0.394 e. The lowest BCUT2D eigenvalue weighted by Crippen LogP contribution is -2.31. The Bertz CT molecular complexity index is 384. The molecule has 0 aromatic heterocycles. The second-order valence-electron chi connectivity index (χ2n) is 5.38. The number of hydrogen-bond acceptors (Lipinski definition) is 3.